The molecule has 6 nitrogen and oxygen atoms in total. The molecule has 2 atom stereocenters. The number of nitrogens with zero attached hydrogens (tertiary/aromatic N) is 3. The first-order chi connectivity index (χ1) is 9.02. The molecule has 0 aromatic heterocycles. The van der Waals surface area contributed by atoms with Crippen molar-refractivity contribution in [2.45, 2.75) is 18.7 Å². The molecule has 1 aromatic rings. The topological polar surface area (TPSA) is 88.1 Å². The summed E-state index contributed by atoms with van der Waals surface area (Å²) in [4.78, 5) is 10.1. The van der Waals surface area contributed by atoms with Crippen LogP contribution in [0.1, 0.15) is 5.56 Å². The predicted octanol–water partition coefficient (Wildman–Crippen LogP) is 2.54. The fraction of sp³-hybridized carbons (Fsp3) is 0.231. The van der Waals surface area contributed by atoms with Gasteiger partial charge >= 0.3 is 5.72 Å². The van der Waals surface area contributed by atoms with E-state index in [0.717, 1.165) is 11.6 Å². The van der Waals surface area contributed by atoms with E-state index in [2.05, 4.69) is 10.2 Å². The average molecular weight is 259 g/mol. The van der Waals surface area contributed by atoms with E-state index < -0.39 is 16.7 Å². The summed E-state index contributed by atoms with van der Waals surface area (Å²) in [6, 6.07) is 6.24. The minimum atomic E-state index is -2.23. The van der Waals surface area contributed by atoms with Crippen LogP contribution in [0, 0.1) is 17.0 Å². The number of rotatable bonds is 3. The molecule has 0 amide bonds. The number of allylic oxidation sites excluding steroid dienone is 2. The first-order valence-electron chi connectivity index (χ1n) is 5.73. The predicted molar refractivity (Wildman–Crippen MR) is 69.7 cm³/mol. The fourth-order valence-corrected chi connectivity index (χ4v) is 1.72. The maximum atomic E-state index is 10.9. The van der Waals surface area contributed by atoms with Crippen LogP contribution in [0.4, 0.5) is 5.69 Å². The van der Waals surface area contributed by atoms with Gasteiger partial charge in [0.2, 0.25) is 0 Å². The molecule has 0 bridgehead atoms. The van der Waals surface area contributed by atoms with Gasteiger partial charge in [0.25, 0.3) is 0 Å². The SMILES string of the molecule is Cc1cccc(N=NC2C=CC=CC2(O)[N+](=O)[O-])c1. The zero-order valence-corrected chi connectivity index (χ0v) is 10.3. The Hall–Kier alpha value is -2.34. The number of hydrogen-bond acceptors (Lipinski definition) is 5. The maximum Gasteiger partial charge on any atom is 0.370 e. The van der Waals surface area contributed by atoms with Crippen molar-refractivity contribution >= 4 is 5.69 Å². The molecule has 98 valence electrons. The molecular weight excluding hydrogens is 246 g/mol. The van der Waals surface area contributed by atoms with Gasteiger partial charge in [0, 0.05) is 6.08 Å². The van der Waals surface area contributed by atoms with Crippen LogP contribution < -0.4 is 0 Å². The second kappa shape index (κ2) is 5.11. The van der Waals surface area contributed by atoms with Gasteiger partial charge in [0.15, 0.2) is 6.04 Å². The number of nitro groups is 1. The molecule has 1 aliphatic rings. The molecule has 0 saturated heterocycles. The molecule has 6 heteroatoms. The van der Waals surface area contributed by atoms with Crippen molar-refractivity contribution in [2.24, 2.45) is 10.2 Å². The molecule has 2 rings (SSSR count). The van der Waals surface area contributed by atoms with E-state index >= 15 is 0 Å². The molecular formula is C13H13N3O3. The summed E-state index contributed by atoms with van der Waals surface area (Å²) < 4.78 is 0. The lowest BCUT2D eigenvalue weighted by Gasteiger charge is -2.21. The Balaban J connectivity index is 2.24. The van der Waals surface area contributed by atoms with Gasteiger partial charge in [-0.25, -0.2) is 0 Å². The molecule has 0 fully saturated rings. The van der Waals surface area contributed by atoms with E-state index in [1.165, 1.54) is 12.2 Å². The Morgan fingerprint density at radius 2 is 2.21 bits per heavy atom. The van der Waals surface area contributed by atoms with E-state index in [-0.39, 0.29) is 0 Å². The molecule has 0 spiro atoms. The number of aliphatic hydroxyl groups is 1. The zero-order chi connectivity index (χ0) is 13.9. The maximum absolute atomic E-state index is 10.9. The van der Waals surface area contributed by atoms with Gasteiger partial charge < -0.3 is 5.11 Å². The minimum Gasteiger partial charge on any atom is -0.325 e. The lowest BCUT2D eigenvalue weighted by Crippen LogP contribution is -2.46. The summed E-state index contributed by atoms with van der Waals surface area (Å²) in [7, 11) is 0. The second-order valence-electron chi connectivity index (χ2n) is 4.28. The van der Waals surface area contributed by atoms with Crippen molar-refractivity contribution in [3.05, 3.63) is 64.2 Å². The highest BCUT2D eigenvalue weighted by atomic mass is 16.7. The third kappa shape index (κ3) is 2.74. The smallest absolute Gasteiger partial charge is 0.325 e. The highest BCUT2D eigenvalue weighted by Crippen LogP contribution is 2.24. The van der Waals surface area contributed by atoms with Crippen LogP contribution in [0.25, 0.3) is 0 Å². The first kappa shape index (κ1) is 13.1. The number of aryl methyl sites for hydroxylation is 1. The van der Waals surface area contributed by atoms with Gasteiger partial charge in [0.1, 0.15) is 0 Å². The van der Waals surface area contributed by atoms with Crippen molar-refractivity contribution in [3.8, 4) is 0 Å². The van der Waals surface area contributed by atoms with Crippen molar-refractivity contribution < 1.29 is 10.0 Å². The van der Waals surface area contributed by atoms with Crippen molar-refractivity contribution in [1.29, 1.82) is 0 Å². The summed E-state index contributed by atoms with van der Waals surface area (Å²) in [5.41, 5.74) is -0.629. The average Bonchev–Trinajstić information content (AvgIpc) is 2.38. The molecule has 1 N–H and O–H groups in total. The fourth-order valence-electron chi connectivity index (χ4n) is 1.72. The quantitative estimate of drug-likeness (QED) is 0.391. The molecule has 1 aliphatic carbocycles. The zero-order valence-electron chi connectivity index (χ0n) is 10.3. The van der Waals surface area contributed by atoms with Crippen molar-refractivity contribution in [1.82, 2.24) is 0 Å². The van der Waals surface area contributed by atoms with E-state index in [1.807, 2.05) is 19.1 Å². The lowest BCUT2D eigenvalue weighted by molar-refractivity contribution is -0.609. The van der Waals surface area contributed by atoms with Crippen LogP contribution in [-0.4, -0.2) is 21.8 Å². The lowest BCUT2D eigenvalue weighted by atomic mass is 10.0. The van der Waals surface area contributed by atoms with Crippen LogP contribution in [0.15, 0.2) is 58.8 Å². The van der Waals surface area contributed by atoms with Gasteiger partial charge in [-0.3, -0.25) is 10.1 Å². The molecule has 1 aromatic carbocycles. The third-order valence-corrected chi connectivity index (χ3v) is 2.77. The molecule has 0 heterocycles. The Morgan fingerprint density at radius 3 is 2.89 bits per heavy atom. The Bertz CT molecular complexity index is 580. The van der Waals surface area contributed by atoms with Crippen molar-refractivity contribution in [3.63, 3.8) is 0 Å². The van der Waals surface area contributed by atoms with E-state index in [9.17, 15) is 15.2 Å². The number of benzene rings is 1. The van der Waals surface area contributed by atoms with Gasteiger partial charge in [-0.05, 0) is 30.7 Å². The van der Waals surface area contributed by atoms with Crippen molar-refractivity contribution in [2.75, 3.05) is 0 Å². The van der Waals surface area contributed by atoms with Crippen LogP contribution in [0.3, 0.4) is 0 Å². The third-order valence-electron chi connectivity index (χ3n) is 2.77. The second-order valence-corrected chi connectivity index (χ2v) is 4.28. The molecule has 0 radical (unpaired) electrons. The Labute approximate surface area is 109 Å². The van der Waals surface area contributed by atoms with Crippen LogP contribution in [0.5, 0.6) is 0 Å². The van der Waals surface area contributed by atoms with Gasteiger partial charge in [-0.1, -0.05) is 24.3 Å². The van der Waals surface area contributed by atoms with E-state index in [0.29, 0.717) is 5.69 Å². The van der Waals surface area contributed by atoms with Gasteiger partial charge in [-0.15, -0.1) is 0 Å². The molecule has 0 saturated carbocycles. The first-order valence-corrected chi connectivity index (χ1v) is 5.73. The largest absolute Gasteiger partial charge is 0.370 e. The summed E-state index contributed by atoms with van der Waals surface area (Å²) in [5.74, 6) is 0. The summed E-state index contributed by atoms with van der Waals surface area (Å²) >= 11 is 0. The van der Waals surface area contributed by atoms with E-state index in [4.69, 9.17) is 0 Å². The normalized spacial score (nSPS) is 25.9. The summed E-state index contributed by atoms with van der Waals surface area (Å²) in [5, 5.41) is 28.7. The Morgan fingerprint density at radius 1 is 1.42 bits per heavy atom. The standard InChI is InChI=1S/C13H13N3O3/c1-10-5-4-6-11(9-10)14-15-12-7-2-3-8-13(12,17)16(18)19/h2-9,12,17H,1H3. The summed E-state index contributed by atoms with van der Waals surface area (Å²) in [6.07, 6.45) is 5.56. The van der Waals surface area contributed by atoms with Crippen LogP contribution in [0.2, 0.25) is 0 Å². The number of azo groups is 1. The molecule has 19 heavy (non-hydrogen) atoms. The number of hydrogen-bond donors (Lipinski definition) is 1. The highest BCUT2D eigenvalue weighted by Gasteiger charge is 2.47. The molecule has 2 unspecified atom stereocenters. The van der Waals surface area contributed by atoms with E-state index in [1.54, 1.807) is 18.2 Å². The Kier molecular flexibility index (Phi) is 3.52. The minimum absolute atomic E-state index is 0.591. The summed E-state index contributed by atoms with van der Waals surface area (Å²) in [6.45, 7) is 1.91. The van der Waals surface area contributed by atoms with Gasteiger partial charge in [0.05, 0.1) is 10.6 Å². The van der Waals surface area contributed by atoms with Gasteiger partial charge in [-0.2, -0.15) is 10.2 Å². The molecule has 0 aliphatic heterocycles. The monoisotopic (exact) mass is 259 g/mol. The highest BCUT2D eigenvalue weighted by molar-refractivity contribution is 5.39. The van der Waals surface area contributed by atoms with Crippen LogP contribution >= 0.6 is 0 Å². The van der Waals surface area contributed by atoms with Crippen LogP contribution in [-0.2, 0) is 0 Å².